The lowest BCUT2D eigenvalue weighted by Crippen LogP contribution is -2.54. The number of benzene rings is 1. The van der Waals surface area contributed by atoms with Gasteiger partial charge in [0.2, 0.25) is 0 Å². The molecule has 0 radical (unpaired) electrons. The minimum atomic E-state index is -3.16. The molecule has 1 aromatic carbocycles. The molecule has 0 aliphatic carbocycles. The molecule has 1 atom stereocenters. The second kappa shape index (κ2) is 9.75. The Kier molecular flexibility index (Phi) is 6.85. The fraction of sp³-hybridized carbons (Fsp3) is 0.400. The fourth-order valence-corrected chi connectivity index (χ4v) is 4.10. The predicted molar refractivity (Wildman–Crippen MR) is 133 cm³/mol. The molecule has 3 aromatic rings. The summed E-state index contributed by atoms with van der Waals surface area (Å²) in [5, 5.41) is 2.98. The number of nitrogens with two attached hydrogens (primary N) is 1. The molecule has 0 spiro atoms. The van der Waals surface area contributed by atoms with E-state index in [2.05, 4.69) is 20.3 Å². The number of anilines is 1. The van der Waals surface area contributed by atoms with Crippen LogP contribution in [0.15, 0.2) is 36.7 Å². The molecule has 0 saturated carbocycles. The average Bonchev–Trinajstić information content (AvgIpc) is 2.81. The molecule has 4 rings (SSSR count). The lowest BCUT2D eigenvalue weighted by atomic mass is 10.0. The molecule has 37 heavy (non-hydrogen) atoms. The van der Waals surface area contributed by atoms with Gasteiger partial charge in [0.15, 0.2) is 5.82 Å². The molecule has 2 aromatic heterocycles. The van der Waals surface area contributed by atoms with Crippen molar-refractivity contribution in [2.75, 3.05) is 25.5 Å². The lowest BCUT2D eigenvalue weighted by molar-refractivity contribution is -0.0722. The van der Waals surface area contributed by atoms with Gasteiger partial charge in [0, 0.05) is 18.5 Å². The summed E-state index contributed by atoms with van der Waals surface area (Å²) in [7, 11) is 1.54. The number of alkyl halides is 2. The summed E-state index contributed by atoms with van der Waals surface area (Å²) >= 11 is 0. The Morgan fingerprint density at radius 1 is 1.16 bits per heavy atom. The van der Waals surface area contributed by atoms with E-state index in [1.807, 2.05) is 0 Å². The molecule has 1 saturated heterocycles. The molecular weight excluding hydrogens is 486 g/mol. The number of amides is 2. The first kappa shape index (κ1) is 26.0. The second-order valence-corrected chi connectivity index (χ2v) is 9.83. The first-order valence-corrected chi connectivity index (χ1v) is 11.6. The van der Waals surface area contributed by atoms with E-state index < -0.39 is 42.5 Å². The number of primary amides is 1. The maximum Gasteiger partial charge on any atom is 0.410 e. The van der Waals surface area contributed by atoms with Crippen LogP contribution in [-0.4, -0.2) is 69.6 Å². The number of nitrogens with one attached hydrogen (secondary N) is 1. The van der Waals surface area contributed by atoms with Gasteiger partial charge in [-0.15, -0.1) is 0 Å². The molecule has 3 heterocycles. The summed E-state index contributed by atoms with van der Waals surface area (Å²) < 4.78 is 39.7. The Bertz CT molecular complexity index is 1330. The summed E-state index contributed by atoms with van der Waals surface area (Å²) in [4.78, 5) is 38.7. The summed E-state index contributed by atoms with van der Waals surface area (Å²) in [5.74, 6) is -3.12. The lowest BCUT2D eigenvalue weighted by Gasteiger charge is -2.38. The van der Waals surface area contributed by atoms with Crippen molar-refractivity contribution in [1.29, 1.82) is 0 Å². The zero-order chi connectivity index (χ0) is 27.0. The van der Waals surface area contributed by atoms with Crippen molar-refractivity contribution < 1.29 is 27.8 Å². The number of fused-ring (bicyclic) bond motifs is 1. The highest BCUT2D eigenvalue weighted by molar-refractivity contribution is 6.06. The van der Waals surface area contributed by atoms with Gasteiger partial charge in [0.25, 0.3) is 11.8 Å². The predicted octanol–water partition coefficient (Wildman–Crippen LogP) is 3.86. The molecule has 12 heteroatoms. The van der Waals surface area contributed by atoms with Crippen molar-refractivity contribution in [2.24, 2.45) is 5.73 Å². The molecule has 196 valence electrons. The second-order valence-electron chi connectivity index (χ2n) is 9.83. The first-order valence-electron chi connectivity index (χ1n) is 11.6. The third kappa shape index (κ3) is 6.01. The van der Waals surface area contributed by atoms with Crippen LogP contribution >= 0.6 is 0 Å². The smallest absolute Gasteiger partial charge is 0.410 e. The van der Waals surface area contributed by atoms with Gasteiger partial charge < -0.3 is 25.4 Å². The number of aromatic nitrogens is 3. The van der Waals surface area contributed by atoms with Crippen molar-refractivity contribution in [2.45, 2.75) is 44.8 Å². The van der Waals surface area contributed by atoms with Gasteiger partial charge in [0.1, 0.15) is 28.7 Å². The Morgan fingerprint density at radius 3 is 2.49 bits per heavy atom. The molecule has 3 N–H and O–H groups in total. The molecular formula is C25H28F2N6O4. The van der Waals surface area contributed by atoms with Crippen LogP contribution in [-0.2, 0) is 4.74 Å². The largest absolute Gasteiger partial charge is 0.497 e. The van der Waals surface area contributed by atoms with Gasteiger partial charge in [-0.2, -0.15) is 0 Å². The van der Waals surface area contributed by atoms with Crippen molar-refractivity contribution in [3.05, 3.63) is 42.2 Å². The minimum Gasteiger partial charge on any atom is -0.497 e. The number of hydrogen-bond donors (Lipinski definition) is 2. The Balaban J connectivity index is 1.71. The van der Waals surface area contributed by atoms with Crippen LogP contribution in [0.4, 0.5) is 19.4 Å². The number of likely N-dealkylation sites (tertiary alicyclic amines) is 1. The standard InChI is InChI=1S/C25H28F2N6O4/c1-24(2,3)37-23(35)33-11-15(10-25(26,27)12-33)31-22-20-19(29-13-30-22)17(21(28)34)9-18(32-20)14-5-7-16(36-4)8-6-14/h5-9,13,15H,10-12H2,1-4H3,(H2,28,34)(H,29,30,31)/t15-/m0/s1. The van der Waals surface area contributed by atoms with Crippen LogP contribution in [0.25, 0.3) is 22.3 Å². The number of ether oxygens (including phenoxy) is 2. The number of halogens is 2. The van der Waals surface area contributed by atoms with Crippen molar-refractivity contribution in [1.82, 2.24) is 19.9 Å². The van der Waals surface area contributed by atoms with E-state index in [-0.39, 0.29) is 29.0 Å². The third-order valence-electron chi connectivity index (χ3n) is 5.64. The van der Waals surface area contributed by atoms with Gasteiger partial charge in [-0.1, -0.05) is 0 Å². The first-order chi connectivity index (χ1) is 17.3. The molecule has 0 unspecified atom stereocenters. The average molecular weight is 515 g/mol. The number of rotatable bonds is 5. The van der Waals surface area contributed by atoms with Crippen molar-refractivity contribution >= 4 is 28.9 Å². The van der Waals surface area contributed by atoms with E-state index in [0.717, 1.165) is 4.90 Å². The quantitative estimate of drug-likeness (QED) is 0.525. The molecule has 1 aliphatic rings. The fourth-order valence-electron chi connectivity index (χ4n) is 4.10. The van der Waals surface area contributed by atoms with E-state index in [4.69, 9.17) is 15.2 Å². The maximum absolute atomic E-state index is 14.6. The van der Waals surface area contributed by atoms with Gasteiger partial charge in [0.05, 0.1) is 31.0 Å². The van der Waals surface area contributed by atoms with E-state index in [1.165, 1.54) is 12.4 Å². The van der Waals surface area contributed by atoms with E-state index in [9.17, 15) is 18.4 Å². The van der Waals surface area contributed by atoms with Crippen LogP contribution in [0.5, 0.6) is 5.75 Å². The topological polar surface area (TPSA) is 133 Å². The number of nitrogens with zero attached hydrogens (tertiary/aromatic N) is 4. The van der Waals surface area contributed by atoms with Crippen LogP contribution < -0.4 is 15.8 Å². The number of pyridine rings is 1. The molecule has 1 aliphatic heterocycles. The van der Waals surface area contributed by atoms with E-state index in [1.54, 1.807) is 52.1 Å². The molecule has 2 amide bonds. The molecule has 0 bridgehead atoms. The van der Waals surface area contributed by atoms with Crippen molar-refractivity contribution in [3.8, 4) is 17.0 Å². The van der Waals surface area contributed by atoms with Gasteiger partial charge in [-0.3, -0.25) is 4.79 Å². The number of carbonyl (C=O) groups excluding carboxylic acids is 2. The maximum atomic E-state index is 14.6. The summed E-state index contributed by atoms with van der Waals surface area (Å²) in [5.41, 5.74) is 6.32. The number of methoxy groups -OCH3 is 1. The number of piperidine rings is 1. The van der Waals surface area contributed by atoms with Gasteiger partial charge in [-0.25, -0.2) is 28.5 Å². The highest BCUT2D eigenvalue weighted by atomic mass is 19.3. The summed E-state index contributed by atoms with van der Waals surface area (Å²) in [6, 6.07) is 7.63. The van der Waals surface area contributed by atoms with Crippen LogP contribution in [0.1, 0.15) is 37.6 Å². The van der Waals surface area contributed by atoms with E-state index >= 15 is 0 Å². The van der Waals surface area contributed by atoms with Crippen LogP contribution in [0.3, 0.4) is 0 Å². The molecule has 10 nitrogen and oxygen atoms in total. The van der Waals surface area contributed by atoms with Crippen LogP contribution in [0.2, 0.25) is 0 Å². The SMILES string of the molecule is COc1ccc(-c2cc(C(N)=O)c3ncnc(N[C@@H]4CN(C(=O)OC(C)(C)C)CC(F)(F)C4)c3n2)cc1. The monoisotopic (exact) mass is 514 g/mol. The Labute approximate surface area is 212 Å². The molecule has 1 fully saturated rings. The zero-order valence-corrected chi connectivity index (χ0v) is 20.9. The number of hydrogen-bond acceptors (Lipinski definition) is 8. The third-order valence-corrected chi connectivity index (χ3v) is 5.64. The number of carbonyl (C=O) groups is 2. The van der Waals surface area contributed by atoms with Gasteiger partial charge in [-0.05, 0) is 51.1 Å². The highest BCUT2D eigenvalue weighted by Gasteiger charge is 2.43. The zero-order valence-electron chi connectivity index (χ0n) is 20.9. The van der Waals surface area contributed by atoms with Crippen LogP contribution in [0, 0.1) is 0 Å². The van der Waals surface area contributed by atoms with E-state index in [0.29, 0.717) is 17.0 Å². The Morgan fingerprint density at radius 2 is 1.86 bits per heavy atom. The normalized spacial score (nSPS) is 17.4. The van der Waals surface area contributed by atoms with Gasteiger partial charge >= 0.3 is 6.09 Å². The minimum absolute atomic E-state index is 0.0448. The summed E-state index contributed by atoms with van der Waals surface area (Å²) in [6.45, 7) is 4.20. The summed E-state index contributed by atoms with van der Waals surface area (Å²) in [6.07, 6.45) is -0.181. The Hall–Kier alpha value is -4.09. The van der Waals surface area contributed by atoms with Crippen molar-refractivity contribution in [3.63, 3.8) is 0 Å². The highest BCUT2D eigenvalue weighted by Crippen LogP contribution is 2.32.